The molecule has 90 valence electrons. The molecule has 3 heteroatoms. The van der Waals surface area contributed by atoms with Crippen molar-refractivity contribution in [1.29, 1.82) is 0 Å². The summed E-state index contributed by atoms with van der Waals surface area (Å²) >= 11 is 0. The van der Waals surface area contributed by atoms with Crippen LogP contribution in [0.15, 0.2) is 24.3 Å². The fraction of sp³-hybridized carbons (Fsp3) is 0.286. The van der Waals surface area contributed by atoms with Gasteiger partial charge in [0.25, 0.3) is 0 Å². The molecule has 2 rings (SSSR count). The summed E-state index contributed by atoms with van der Waals surface area (Å²) in [7, 11) is 5.84. The lowest BCUT2D eigenvalue weighted by molar-refractivity contribution is 1.41. The molecule has 0 unspecified atom stereocenters. The lowest BCUT2D eigenvalue weighted by atomic mass is 10.0. The Bertz CT molecular complexity index is 547. The Morgan fingerprint density at radius 2 is 1.65 bits per heavy atom. The molecule has 0 aliphatic carbocycles. The molecule has 2 aromatic rings. The van der Waals surface area contributed by atoms with Gasteiger partial charge in [-0.15, -0.1) is 0 Å². The number of hydrogen-bond donors (Lipinski definition) is 3. The minimum atomic E-state index is 1.13. The van der Waals surface area contributed by atoms with Gasteiger partial charge in [0, 0.05) is 26.8 Å². The molecule has 0 bridgehead atoms. The molecule has 3 nitrogen and oxygen atoms in total. The van der Waals surface area contributed by atoms with E-state index < -0.39 is 0 Å². The highest BCUT2D eigenvalue weighted by Crippen LogP contribution is 2.33. The van der Waals surface area contributed by atoms with E-state index in [4.69, 9.17) is 0 Å². The van der Waals surface area contributed by atoms with Gasteiger partial charge in [-0.05, 0) is 41.5 Å². The first-order chi connectivity index (χ1) is 8.21. The maximum absolute atomic E-state index is 3.26. The van der Waals surface area contributed by atoms with Crippen LogP contribution in [0.5, 0.6) is 0 Å². The van der Waals surface area contributed by atoms with Crippen LogP contribution in [0.1, 0.15) is 5.56 Å². The quantitative estimate of drug-likeness (QED) is 0.756. The van der Waals surface area contributed by atoms with Crippen LogP contribution < -0.4 is 16.0 Å². The zero-order valence-electron chi connectivity index (χ0n) is 10.8. The van der Waals surface area contributed by atoms with E-state index in [1.165, 1.54) is 16.3 Å². The van der Waals surface area contributed by atoms with Gasteiger partial charge in [-0.2, -0.15) is 0 Å². The van der Waals surface area contributed by atoms with E-state index in [9.17, 15) is 0 Å². The van der Waals surface area contributed by atoms with E-state index in [1.807, 2.05) is 21.1 Å². The van der Waals surface area contributed by atoms with Crippen LogP contribution in [-0.2, 0) is 0 Å². The van der Waals surface area contributed by atoms with Crippen molar-refractivity contribution >= 4 is 27.8 Å². The second-order valence-corrected chi connectivity index (χ2v) is 4.11. The molecule has 0 saturated heterocycles. The average molecular weight is 229 g/mol. The Balaban J connectivity index is 2.75. The summed E-state index contributed by atoms with van der Waals surface area (Å²) in [4.78, 5) is 0. The van der Waals surface area contributed by atoms with Crippen LogP contribution in [0, 0.1) is 6.92 Å². The Morgan fingerprint density at radius 1 is 0.882 bits per heavy atom. The van der Waals surface area contributed by atoms with E-state index >= 15 is 0 Å². The van der Waals surface area contributed by atoms with Gasteiger partial charge in [0.05, 0.1) is 11.4 Å². The molecule has 0 heterocycles. The standard InChI is InChI=1S/C14H19N3/c1-9-12-6-5-11(15-2)7-10(12)8-13(16-3)14(9)17-4/h5-8,15-17H,1-4H3. The normalized spacial score (nSPS) is 10.4. The molecule has 2 aromatic carbocycles. The maximum Gasteiger partial charge on any atom is 0.0609 e. The van der Waals surface area contributed by atoms with Crippen LogP contribution in [-0.4, -0.2) is 21.1 Å². The van der Waals surface area contributed by atoms with Gasteiger partial charge in [-0.1, -0.05) is 6.07 Å². The van der Waals surface area contributed by atoms with Crippen LogP contribution in [0.3, 0.4) is 0 Å². The van der Waals surface area contributed by atoms with Gasteiger partial charge >= 0.3 is 0 Å². The molecule has 0 aliphatic heterocycles. The molecule has 0 fully saturated rings. The van der Waals surface area contributed by atoms with Gasteiger partial charge in [-0.3, -0.25) is 0 Å². The predicted molar refractivity (Wildman–Crippen MR) is 77.3 cm³/mol. The minimum absolute atomic E-state index is 1.13. The first-order valence-electron chi connectivity index (χ1n) is 5.82. The van der Waals surface area contributed by atoms with Gasteiger partial charge in [0.2, 0.25) is 0 Å². The molecule has 0 atom stereocenters. The van der Waals surface area contributed by atoms with E-state index in [1.54, 1.807) is 0 Å². The van der Waals surface area contributed by atoms with Crippen molar-refractivity contribution in [2.75, 3.05) is 37.1 Å². The fourth-order valence-corrected chi connectivity index (χ4v) is 2.26. The second kappa shape index (κ2) is 4.53. The third-order valence-electron chi connectivity index (χ3n) is 3.21. The van der Waals surface area contributed by atoms with Crippen LogP contribution in [0.2, 0.25) is 0 Å². The summed E-state index contributed by atoms with van der Waals surface area (Å²) in [5.74, 6) is 0. The number of benzene rings is 2. The number of hydrogen-bond acceptors (Lipinski definition) is 3. The van der Waals surface area contributed by atoms with Crippen LogP contribution in [0.25, 0.3) is 10.8 Å². The molecule has 0 aliphatic rings. The fourth-order valence-electron chi connectivity index (χ4n) is 2.26. The zero-order chi connectivity index (χ0) is 12.4. The molecule has 0 aromatic heterocycles. The van der Waals surface area contributed by atoms with Gasteiger partial charge < -0.3 is 16.0 Å². The molecular formula is C14H19N3. The smallest absolute Gasteiger partial charge is 0.0609 e. The molecular weight excluding hydrogens is 210 g/mol. The number of aryl methyl sites for hydroxylation is 1. The van der Waals surface area contributed by atoms with Crippen LogP contribution >= 0.6 is 0 Å². The van der Waals surface area contributed by atoms with E-state index in [2.05, 4.69) is 47.1 Å². The summed E-state index contributed by atoms with van der Waals surface area (Å²) in [6, 6.07) is 8.61. The van der Waals surface area contributed by atoms with Gasteiger partial charge in [0.15, 0.2) is 0 Å². The predicted octanol–water partition coefficient (Wildman–Crippen LogP) is 3.27. The molecule has 0 saturated carbocycles. The summed E-state index contributed by atoms with van der Waals surface area (Å²) < 4.78 is 0. The monoisotopic (exact) mass is 229 g/mol. The van der Waals surface area contributed by atoms with Gasteiger partial charge in [-0.25, -0.2) is 0 Å². The topological polar surface area (TPSA) is 36.1 Å². The van der Waals surface area contributed by atoms with Crippen molar-refractivity contribution in [1.82, 2.24) is 0 Å². The first-order valence-corrected chi connectivity index (χ1v) is 5.82. The second-order valence-electron chi connectivity index (χ2n) is 4.11. The highest BCUT2D eigenvalue weighted by Gasteiger charge is 2.08. The Morgan fingerprint density at radius 3 is 2.24 bits per heavy atom. The van der Waals surface area contributed by atoms with E-state index in [0.29, 0.717) is 0 Å². The van der Waals surface area contributed by atoms with E-state index in [0.717, 1.165) is 17.1 Å². The summed E-state index contributed by atoms with van der Waals surface area (Å²) in [5, 5.41) is 12.2. The molecule has 17 heavy (non-hydrogen) atoms. The zero-order valence-corrected chi connectivity index (χ0v) is 10.8. The van der Waals surface area contributed by atoms with Crippen molar-refractivity contribution < 1.29 is 0 Å². The summed E-state index contributed by atoms with van der Waals surface area (Å²) in [5.41, 5.74) is 4.70. The lowest BCUT2D eigenvalue weighted by Crippen LogP contribution is -2.00. The summed E-state index contributed by atoms with van der Waals surface area (Å²) in [6.45, 7) is 2.15. The largest absolute Gasteiger partial charge is 0.388 e. The van der Waals surface area contributed by atoms with Crippen LogP contribution in [0.4, 0.5) is 17.1 Å². The number of nitrogens with one attached hydrogen (secondary N) is 3. The van der Waals surface area contributed by atoms with Crippen molar-refractivity contribution in [3.63, 3.8) is 0 Å². The highest BCUT2D eigenvalue weighted by molar-refractivity contribution is 5.97. The van der Waals surface area contributed by atoms with Gasteiger partial charge in [0.1, 0.15) is 0 Å². The number of fused-ring (bicyclic) bond motifs is 1. The Hall–Kier alpha value is -1.90. The van der Waals surface area contributed by atoms with E-state index in [-0.39, 0.29) is 0 Å². The molecule has 0 amide bonds. The molecule has 0 spiro atoms. The SMILES string of the molecule is CNc1ccc2c(C)c(NC)c(NC)cc2c1. The van der Waals surface area contributed by atoms with Crippen molar-refractivity contribution in [3.05, 3.63) is 29.8 Å². The third kappa shape index (κ3) is 1.88. The first kappa shape index (κ1) is 11.6. The summed E-state index contributed by atoms with van der Waals surface area (Å²) in [6.07, 6.45) is 0. The lowest BCUT2D eigenvalue weighted by Gasteiger charge is -2.15. The number of rotatable bonds is 3. The van der Waals surface area contributed by atoms with Crippen molar-refractivity contribution in [2.45, 2.75) is 6.92 Å². The minimum Gasteiger partial charge on any atom is -0.388 e. The Labute approximate surface area is 102 Å². The average Bonchev–Trinajstić information content (AvgIpc) is 2.37. The molecule has 3 N–H and O–H groups in total. The number of anilines is 3. The highest BCUT2D eigenvalue weighted by atomic mass is 14.9. The van der Waals surface area contributed by atoms with Crippen molar-refractivity contribution in [3.8, 4) is 0 Å². The Kier molecular flexibility index (Phi) is 3.09. The third-order valence-corrected chi connectivity index (χ3v) is 3.21. The molecule has 0 radical (unpaired) electrons. The van der Waals surface area contributed by atoms with Crippen molar-refractivity contribution in [2.24, 2.45) is 0 Å². The maximum atomic E-state index is 3.26.